The fourth-order valence-corrected chi connectivity index (χ4v) is 4.32. The van der Waals surface area contributed by atoms with Crippen molar-refractivity contribution < 1.29 is 14.4 Å². The smallest absolute Gasteiger partial charge is 0.310 e. The quantitative estimate of drug-likeness (QED) is 0.278. The van der Waals surface area contributed by atoms with Gasteiger partial charge in [0.2, 0.25) is 0 Å². The highest BCUT2D eigenvalue weighted by Gasteiger charge is 2.46. The van der Waals surface area contributed by atoms with Crippen LogP contribution >= 0.6 is 0 Å². The van der Waals surface area contributed by atoms with E-state index in [1.165, 1.54) is 0 Å². The van der Waals surface area contributed by atoms with E-state index in [1.807, 2.05) is 12.1 Å². The van der Waals surface area contributed by atoms with Crippen LogP contribution in [-0.2, 0) is 21.7 Å². The molecule has 3 N–H and O–H groups in total. The van der Waals surface area contributed by atoms with Gasteiger partial charge in [-0.15, -0.1) is 0 Å². The van der Waals surface area contributed by atoms with Crippen LogP contribution in [0.5, 0.6) is 0 Å². The maximum atomic E-state index is 13.3. The summed E-state index contributed by atoms with van der Waals surface area (Å²) in [4.78, 5) is 41.7. The van der Waals surface area contributed by atoms with Crippen molar-refractivity contribution in [2.75, 3.05) is 6.54 Å². The van der Waals surface area contributed by atoms with E-state index in [0.717, 1.165) is 34.7 Å². The standard InChI is InChI=1S/C31H26N4O3/c36-28(35-31(15-16-31)26-14-13-23-9-1-2-10-24(23)19-26)27-12-4-3-11-25(27)21-34-30(38)29(37)33-18-6-8-22-7-5-17-32-20-22/h1-5,7,9-14,17,19-20H,15-16,18,21H2,(H,33,37)(H,34,38)(H,35,36). The number of amides is 3. The molecule has 4 aromatic rings. The molecule has 0 saturated heterocycles. The number of fused-ring (bicyclic) bond motifs is 1. The number of hydrogen-bond donors (Lipinski definition) is 3. The Kier molecular flexibility index (Phi) is 7.14. The second-order valence-corrected chi connectivity index (χ2v) is 9.16. The first kappa shape index (κ1) is 24.7. The van der Waals surface area contributed by atoms with Crippen molar-refractivity contribution >= 4 is 28.5 Å². The minimum Gasteiger partial charge on any atom is -0.344 e. The summed E-state index contributed by atoms with van der Waals surface area (Å²) >= 11 is 0. The Labute approximate surface area is 220 Å². The first-order chi connectivity index (χ1) is 18.5. The number of rotatable bonds is 6. The van der Waals surface area contributed by atoms with E-state index in [9.17, 15) is 14.4 Å². The maximum absolute atomic E-state index is 13.3. The van der Waals surface area contributed by atoms with Gasteiger partial charge in [-0.3, -0.25) is 19.4 Å². The summed E-state index contributed by atoms with van der Waals surface area (Å²) in [6, 6.07) is 25.1. The van der Waals surface area contributed by atoms with Crippen molar-refractivity contribution in [1.82, 2.24) is 20.9 Å². The lowest BCUT2D eigenvalue weighted by atomic mass is 9.99. The Hall–Kier alpha value is -4.96. The molecule has 0 aliphatic heterocycles. The van der Waals surface area contributed by atoms with E-state index >= 15 is 0 Å². The lowest BCUT2D eigenvalue weighted by Crippen LogP contribution is -2.40. The number of nitrogens with one attached hydrogen (secondary N) is 3. The van der Waals surface area contributed by atoms with Gasteiger partial charge in [0.15, 0.2) is 0 Å². The molecular formula is C31H26N4O3. The zero-order valence-corrected chi connectivity index (χ0v) is 20.7. The van der Waals surface area contributed by atoms with E-state index < -0.39 is 17.4 Å². The summed E-state index contributed by atoms with van der Waals surface area (Å²) in [5, 5.41) is 10.6. The fourth-order valence-electron chi connectivity index (χ4n) is 4.32. The molecule has 1 aliphatic carbocycles. The Morgan fingerprint density at radius 1 is 0.842 bits per heavy atom. The molecule has 188 valence electrons. The van der Waals surface area contributed by atoms with E-state index in [0.29, 0.717) is 11.1 Å². The lowest BCUT2D eigenvalue weighted by molar-refractivity contribution is -0.139. The van der Waals surface area contributed by atoms with Crippen LogP contribution in [0.25, 0.3) is 10.8 Å². The van der Waals surface area contributed by atoms with Crippen molar-refractivity contribution in [3.8, 4) is 11.8 Å². The van der Waals surface area contributed by atoms with Crippen LogP contribution in [0.15, 0.2) is 91.3 Å². The third-order valence-electron chi connectivity index (χ3n) is 6.54. The molecule has 3 aromatic carbocycles. The predicted molar refractivity (Wildman–Crippen MR) is 145 cm³/mol. The van der Waals surface area contributed by atoms with Crippen LogP contribution in [0, 0.1) is 11.8 Å². The van der Waals surface area contributed by atoms with Crippen LogP contribution < -0.4 is 16.0 Å². The Morgan fingerprint density at radius 3 is 2.39 bits per heavy atom. The highest BCUT2D eigenvalue weighted by atomic mass is 16.2. The third-order valence-corrected chi connectivity index (χ3v) is 6.54. The van der Waals surface area contributed by atoms with Gasteiger partial charge >= 0.3 is 11.8 Å². The topological polar surface area (TPSA) is 100 Å². The molecule has 3 amide bonds. The largest absolute Gasteiger partial charge is 0.344 e. The number of nitrogens with zero attached hydrogens (tertiary/aromatic N) is 1. The monoisotopic (exact) mass is 502 g/mol. The van der Waals surface area contributed by atoms with Gasteiger partial charge in [0, 0.05) is 30.1 Å². The SMILES string of the molecule is O=C(NCC#Cc1cccnc1)C(=O)NCc1ccccc1C(=O)NC1(c2ccc3ccccc3c2)CC1. The molecule has 0 unspecified atom stereocenters. The average molecular weight is 503 g/mol. The van der Waals surface area contributed by atoms with Gasteiger partial charge < -0.3 is 16.0 Å². The van der Waals surface area contributed by atoms with Crippen molar-refractivity contribution in [3.63, 3.8) is 0 Å². The molecule has 1 saturated carbocycles. The molecule has 38 heavy (non-hydrogen) atoms. The van der Waals surface area contributed by atoms with E-state index in [2.05, 4.69) is 63.1 Å². The van der Waals surface area contributed by atoms with Gasteiger partial charge in [0.25, 0.3) is 5.91 Å². The minimum atomic E-state index is -0.793. The van der Waals surface area contributed by atoms with Gasteiger partial charge in [-0.2, -0.15) is 0 Å². The lowest BCUT2D eigenvalue weighted by Gasteiger charge is -2.20. The molecule has 0 atom stereocenters. The molecular weight excluding hydrogens is 476 g/mol. The Morgan fingerprint density at radius 2 is 1.61 bits per heavy atom. The molecule has 1 heterocycles. The number of hydrogen-bond acceptors (Lipinski definition) is 4. The third kappa shape index (κ3) is 5.71. The van der Waals surface area contributed by atoms with Crippen molar-refractivity contribution in [3.05, 3.63) is 114 Å². The fraction of sp³-hybridized carbons (Fsp3) is 0.161. The minimum absolute atomic E-state index is 0.0248. The molecule has 5 rings (SSSR count). The van der Waals surface area contributed by atoms with E-state index in [-0.39, 0.29) is 19.0 Å². The molecule has 0 bridgehead atoms. The second kappa shape index (κ2) is 11.0. The number of pyridine rings is 1. The van der Waals surface area contributed by atoms with E-state index in [4.69, 9.17) is 0 Å². The molecule has 1 aromatic heterocycles. The molecule has 0 radical (unpaired) electrons. The summed E-state index contributed by atoms with van der Waals surface area (Å²) in [5.74, 6) is 3.84. The highest BCUT2D eigenvalue weighted by Crippen LogP contribution is 2.46. The Bertz CT molecular complexity index is 1570. The summed E-state index contributed by atoms with van der Waals surface area (Å²) in [6.07, 6.45) is 4.98. The number of carbonyl (C=O) groups excluding carboxylic acids is 3. The van der Waals surface area contributed by atoms with Gasteiger partial charge in [0.05, 0.1) is 12.1 Å². The molecule has 1 aliphatic rings. The molecule has 7 heteroatoms. The average Bonchev–Trinajstić information content (AvgIpc) is 3.74. The normalized spacial score (nSPS) is 13.1. The summed E-state index contributed by atoms with van der Waals surface area (Å²) in [7, 11) is 0. The van der Waals surface area contributed by atoms with Crippen molar-refractivity contribution in [2.45, 2.75) is 24.9 Å². The van der Waals surface area contributed by atoms with Crippen LogP contribution in [0.3, 0.4) is 0 Å². The van der Waals surface area contributed by atoms with Gasteiger partial charge in [0.1, 0.15) is 0 Å². The summed E-state index contributed by atoms with van der Waals surface area (Å²) in [6.45, 7) is 0.0666. The van der Waals surface area contributed by atoms with Gasteiger partial charge in [-0.1, -0.05) is 66.4 Å². The number of aromatic nitrogens is 1. The number of carbonyl (C=O) groups is 3. The van der Waals surface area contributed by atoms with Crippen LogP contribution in [0.1, 0.15) is 39.9 Å². The van der Waals surface area contributed by atoms with Crippen LogP contribution in [0.4, 0.5) is 0 Å². The van der Waals surface area contributed by atoms with Gasteiger partial charge in [-0.05, 0) is 59.0 Å². The van der Waals surface area contributed by atoms with Crippen molar-refractivity contribution in [2.24, 2.45) is 0 Å². The summed E-state index contributed by atoms with van der Waals surface area (Å²) < 4.78 is 0. The Balaban J connectivity index is 1.19. The predicted octanol–water partition coefficient (Wildman–Crippen LogP) is 3.44. The first-order valence-electron chi connectivity index (χ1n) is 12.4. The van der Waals surface area contributed by atoms with Crippen LogP contribution in [0.2, 0.25) is 0 Å². The highest BCUT2D eigenvalue weighted by molar-refractivity contribution is 6.35. The van der Waals surface area contributed by atoms with Crippen LogP contribution in [-0.4, -0.2) is 29.3 Å². The zero-order chi connectivity index (χ0) is 26.4. The molecule has 0 spiro atoms. The zero-order valence-electron chi connectivity index (χ0n) is 20.7. The number of benzene rings is 3. The van der Waals surface area contributed by atoms with E-state index in [1.54, 1.807) is 48.8 Å². The molecule has 1 fully saturated rings. The summed E-state index contributed by atoms with van der Waals surface area (Å²) in [5.41, 5.74) is 2.49. The molecule has 7 nitrogen and oxygen atoms in total. The van der Waals surface area contributed by atoms with Gasteiger partial charge in [-0.25, -0.2) is 0 Å². The first-order valence-corrected chi connectivity index (χ1v) is 12.4. The maximum Gasteiger partial charge on any atom is 0.310 e. The van der Waals surface area contributed by atoms with Crippen molar-refractivity contribution in [1.29, 1.82) is 0 Å². The second-order valence-electron chi connectivity index (χ2n) is 9.16.